The Kier molecular flexibility index (Phi) is 5.05. The predicted octanol–water partition coefficient (Wildman–Crippen LogP) is 2.88. The Balaban J connectivity index is 2.46. The summed E-state index contributed by atoms with van der Waals surface area (Å²) in [6.07, 6.45) is 1.84. The molecule has 1 aromatic rings. The van der Waals surface area contributed by atoms with E-state index in [4.69, 9.17) is 16.7 Å². The number of phenols is 1. The molecule has 0 aliphatic carbocycles. The van der Waals surface area contributed by atoms with Crippen LogP contribution < -0.4 is 5.32 Å². The van der Waals surface area contributed by atoms with E-state index >= 15 is 0 Å². The molecule has 0 atom stereocenters. The standard InChI is InChI=1S/C11H13ClFNO2/c12-6-2-1-3-11(16)14-8-4-5-10(15)9(13)7-8/h4-5,7,15H,1-3,6H2,(H,14,16). The lowest BCUT2D eigenvalue weighted by Crippen LogP contribution is -2.11. The van der Waals surface area contributed by atoms with Crippen molar-refractivity contribution in [3.63, 3.8) is 0 Å². The number of halogens is 2. The summed E-state index contributed by atoms with van der Waals surface area (Å²) in [5.74, 6) is -0.838. The van der Waals surface area contributed by atoms with Crippen molar-refractivity contribution >= 4 is 23.2 Å². The molecule has 3 nitrogen and oxygen atoms in total. The topological polar surface area (TPSA) is 49.3 Å². The van der Waals surface area contributed by atoms with Gasteiger partial charge >= 0.3 is 0 Å². The van der Waals surface area contributed by atoms with Crippen LogP contribution in [0.2, 0.25) is 0 Å². The highest BCUT2D eigenvalue weighted by Crippen LogP contribution is 2.19. The normalized spacial score (nSPS) is 10.1. The molecular formula is C11H13ClFNO2. The molecule has 1 amide bonds. The Morgan fingerprint density at radius 2 is 2.19 bits per heavy atom. The number of phenolic OH excluding ortho intramolecular Hbond substituents is 1. The zero-order valence-corrected chi connectivity index (χ0v) is 9.43. The van der Waals surface area contributed by atoms with E-state index in [9.17, 15) is 9.18 Å². The third-order valence-electron chi connectivity index (χ3n) is 2.02. The maximum atomic E-state index is 12.9. The number of nitrogens with one attached hydrogen (secondary N) is 1. The lowest BCUT2D eigenvalue weighted by molar-refractivity contribution is -0.116. The molecule has 0 aliphatic heterocycles. The van der Waals surface area contributed by atoms with Gasteiger partial charge in [0.25, 0.3) is 0 Å². The molecule has 0 unspecified atom stereocenters. The van der Waals surface area contributed by atoms with E-state index < -0.39 is 11.6 Å². The number of amides is 1. The van der Waals surface area contributed by atoms with Gasteiger partial charge in [-0.05, 0) is 25.0 Å². The summed E-state index contributed by atoms with van der Waals surface area (Å²) in [5.41, 5.74) is 0.339. The van der Waals surface area contributed by atoms with E-state index in [1.807, 2.05) is 0 Å². The highest BCUT2D eigenvalue weighted by atomic mass is 35.5. The average Bonchev–Trinajstić information content (AvgIpc) is 2.24. The molecule has 0 aromatic heterocycles. The van der Waals surface area contributed by atoms with Gasteiger partial charge in [-0.2, -0.15) is 0 Å². The van der Waals surface area contributed by atoms with Gasteiger partial charge in [0.05, 0.1) is 0 Å². The lowest BCUT2D eigenvalue weighted by Gasteiger charge is -2.05. The second-order valence-corrected chi connectivity index (χ2v) is 3.74. The van der Waals surface area contributed by atoms with Crippen LogP contribution in [0.4, 0.5) is 10.1 Å². The first-order valence-corrected chi connectivity index (χ1v) is 5.51. The molecule has 88 valence electrons. The first-order chi connectivity index (χ1) is 7.63. The number of hydrogen-bond donors (Lipinski definition) is 2. The number of unbranched alkanes of at least 4 members (excludes halogenated alkanes) is 1. The number of carbonyl (C=O) groups excluding carboxylic acids is 1. The molecular weight excluding hydrogens is 233 g/mol. The lowest BCUT2D eigenvalue weighted by atomic mass is 10.2. The minimum Gasteiger partial charge on any atom is -0.505 e. The summed E-state index contributed by atoms with van der Waals surface area (Å²) in [6, 6.07) is 3.72. The number of alkyl halides is 1. The maximum Gasteiger partial charge on any atom is 0.224 e. The van der Waals surface area contributed by atoms with Crippen molar-refractivity contribution in [3.8, 4) is 5.75 Å². The molecule has 0 saturated carbocycles. The van der Waals surface area contributed by atoms with Crippen molar-refractivity contribution < 1.29 is 14.3 Å². The number of anilines is 1. The van der Waals surface area contributed by atoms with E-state index in [2.05, 4.69) is 5.32 Å². The second-order valence-electron chi connectivity index (χ2n) is 3.36. The first-order valence-electron chi connectivity index (χ1n) is 4.98. The van der Waals surface area contributed by atoms with Crippen LogP contribution in [0.5, 0.6) is 5.75 Å². The summed E-state index contributed by atoms with van der Waals surface area (Å²) < 4.78 is 12.9. The molecule has 0 heterocycles. The van der Waals surface area contributed by atoms with E-state index in [0.717, 1.165) is 12.5 Å². The quantitative estimate of drug-likeness (QED) is 0.476. The minimum absolute atomic E-state index is 0.185. The van der Waals surface area contributed by atoms with Crippen LogP contribution in [-0.2, 0) is 4.79 Å². The van der Waals surface area contributed by atoms with Crippen LogP contribution in [0.25, 0.3) is 0 Å². The molecule has 0 aliphatic rings. The molecule has 2 N–H and O–H groups in total. The molecule has 0 bridgehead atoms. The van der Waals surface area contributed by atoms with Crippen LogP contribution in [0.15, 0.2) is 18.2 Å². The molecule has 0 radical (unpaired) electrons. The van der Waals surface area contributed by atoms with Crippen LogP contribution >= 0.6 is 11.6 Å². The van der Waals surface area contributed by atoms with E-state index in [0.29, 0.717) is 24.4 Å². The van der Waals surface area contributed by atoms with Crippen molar-refractivity contribution in [2.45, 2.75) is 19.3 Å². The van der Waals surface area contributed by atoms with Crippen LogP contribution in [-0.4, -0.2) is 16.9 Å². The van der Waals surface area contributed by atoms with Gasteiger partial charge < -0.3 is 10.4 Å². The molecule has 0 fully saturated rings. The van der Waals surface area contributed by atoms with Crippen molar-refractivity contribution in [1.29, 1.82) is 0 Å². The van der Waals surface area contributed by atoms with Crippen LogP contribution in [0.3, 0.4) is 0 Å². The van der Waals surface area contributed by atoms with Gasteiger partial charge in [0.1, 0.15) is 0 Å². The van der Waals surface area contributed by atoms with Gasteiger partial charge in [-0.3, -0.25) is 4.79 Å². The van der Waals surface area contributed by atoms with E-state index in [-0.39, 0.29) is 5.91 Å². The van der Waals surface area contributed by atoms with Gasteiger partial charge in [-0.15, -0.1) is 11.6 Å². The largest absolute Gasteiger partial charge is 0.505 e. The fourth-order valence-corrected chi connectivity index (χ4v) is 1.38. The van der Waals surface area contributed by atoms with E-state index in [1.54, 1.807) is 0 Å². The smallest absolute Gasteiger partial charge is 0.224 e. The SMILES string of the molecule is O=C(CCCCCl)Nc1ccc(O)c(F)c1. The molecule has 0 saturated heterocycles. The minimum atomic E-state index is -0.751. The second kappa shape index (κ2) is 6.33. The fourth-order valence-electron chi connectivity index (χ4n) is 1.19. The number of rotatable bonds is 5. The third kappa shape index (κ3) is 4.06. The number of aromatic hydroxyl groups is 1. The fraction of sp³-hybridized carbons (Fsp3) is 0.364. The molecule has 0 spiro atoms. The number of benzene rings is 1. The van der Waals surface area contributed by atoms with Crippen molar-refractivity contribution in [2.24, 2.45) is 0 Å². The van der Waals surface area contributed by atoms with Gasteiger partial charge in [-0.25, -0.2) is 4.39 Å². The first kappa shape index (κ1) is 12.8. The van der Waals surface area contributed by atoms with Crippen LogP contribution in [0, 0.1) is 5.82 Å². The van der Waals surface area contributed by atoms with Crippen LogP contribution in [0.1, 0.15) is 19.3 Å². The Morgan fingerprint density at radius 1 is 1.44 bits per heavy atom. The highest BCUT2D eigenvalue weighted by molar-refractivity contribution is 6.17. The predicted molar refractivity (Wildman–Crippen MR) is 61.3 cm³/mol. The Bertz CT molecular complexity index is 371. The van der Waals surface area contributed by atoms with Gasteiger partial charge in [0.2, 0.25) is 5.91 Å². The van der Waals surface area contributed by atoms with Crippen molar-refractivity contribution in [1.82, 2.24) is 0 Å². The zero-order valence-electron chi connectivity index (χ0n) is 8.67. The third-order valence-corrected chi connectivity index (χ3v) is 2.29. The molecule has 1 rings (SSSR count). The van der Waals surface area contributed by atoms with Gasteiger partial charge in [0.15, 0.2) is 11.6 Å². The monoisotopic (exact) mass is 245 g/mol. The molecule has 1 aromatic carbocycles. The Hall–Kier alpha value is -1.29. The molecule has 16 heavy (non-hydrogen) atoms. The van der Waals surface area contributed by atoms with E-state index in [1.165, 1.54) is 12.1 Å². The van der Waals surface area contributed by atoms with Gasteiger partial charge in [0, 0.05) is 24.1 Å². The highest BCUT2D eigenvalue weighted by Gasteiger charge is 2.05. The summed E-state index contributed by atoms with van der Waals surface area (Å²) >= 11 is 5.47. The number of carbonyl (C=O) groups is 1. The summed E-state index contributed by atoms with van der Waals surface area (Å²) in [5, 5.41) is 11.5. The maximum absolute atomic E-state index is 12.9. The van der Waals surface area contributed by atoms with Crippen molar-refractivity contribution in [2.75, 3.05) is 11.2 Å². The van der Waals surface area contributed by atoms with Gasteiger partial charge in [-0.1, -0.05) is 0 Å². The average molecular weight is 246 g/mol. The Morgan fingerprint density at radius 3 is 2.81 bits per heavy atom. The summed E-state index contributed by atoms with van der Waals surface area (Å²) in [6.45, 7) is 0. The van der Waals surface area contributed by atoms with Crippen molar-refractivity contribution in [3.05, 3.63) is 24.0 Å². The summed E-state index contributed by atoms with van der Waals surface area (Å²) in [4.78, 5) is 11.3. The number of hydrogen-bond acceptors (Lipinski definition) is 2. The Labute approximate surface area is 98.2 Å². The zero-order chi connectivity index (χ0) is 12.0. The molecule has 5 heteroatoms. The summed E-state index contributed by atoms with van der Waals surface area (Å²) in [7, 11) is 0.